The molecule has 3 atom stereocenters. The van der Waals surface area contributed by atoms with Gasteiger partial charge in [-0.1, -0.05) is 12.8 Å². The minimum Gasteiger partial charge on any atom is -0.465 e. The molecule has 3 rings (SSSR count). The van der Waals surface area contributed by atoms with Gasteiger partial charge in [0.1, 0.15) is 11.6 Å². The Morgan fingerprint density at radius 2 is 2.00 bits per heavy atom. The van der Waals surface area contributed by atoms with Crippen molar-refractivity contribution >= 4 is 12.0 Å². The van der Waals surface area contributed by atoms with Crippen LogP contribution < -0.4 is 5.32 Å². The van der Waals surface area contributed by atoms with E-state index in [1.54, 1.807) is 4.90 Å². The second-order valence-corrected chi connectivity index (χ2v) is 5.94. The molecular weight excluding hydrogens is 264 g/mol. The molecular formula is C13H20N2O5. The van der Waals surface area contributed by atoms with Crippen molar-refractivity contribution in [3.8, 4) is 0 Å². The highest BCUT2D eigenvalue weighted by molar-refractivity contribution is 5.90. The summed E-state index contributed by atoms with van der Waals surface area (Å²) in [4.78, 5) is 25.5. The van der Waals surface area contributed by atoms with Crippen LogP contribution in [0.4, 0.5) is 4.79 Å². The number of nitrogens with zero attached hydrogens (tertiary/aromatic N) is 1. The third kappa shape index (κ3) is 2.05. The van der Waals surface area contributed by atoms with Gasteiger partial charge in [0.15, 0.2) is 0 Å². The van der Waals surface area contributed by atoms with Crippen molar-refractivity contribution in [3.05, 3.63) is 0 Å². The monoisotopic (exact) mass is 284 g/mol. The number of carbonyl (C=O) groups excluding carboxylic acids is 1. The lowest BCUT2D eigenvalue weighted by atomic mass is 9.94. The SMILES string of the molecule is O=C(O)NC1(C(=O)N2CC[C@H]3OC[C@H](O)[C@H]32)CCCC1. The van der Waals surface area contributed by atoms with Crippen LogP contribution in [0.15, 0.2) is 0 Å². The molecule has 0 aromatic heterocycles. The minimum atomic E-state index is -1.17. The summed E-state index contributed by atoms with van der Waals surface area (Å²) in [6.45, 7) is 0.771. The predicted molar refractivity (Wildman–Crippen MR) is 68.2 cm³/mol. The van der Waals surface area contributed by atoms with E-state index in [1.165, 1.54) is 0 Å². The molecule has 2 aliphatic heterocycles. The fourth-order valence-electron chi connectivity index (χ4n) is 3.83. The number of ether oxygens (including phenoxy) is 1. The molecule has 7 heteroatoms. The van der Waals surface area contributed by atoms with Crippen molar-refractivity contribution in [1.82, 2.24) is 10.2 Å². The molecule has 7 nitrogen and oxygen atoms in total. The standard InChI is InChI=1S/C13H20N2O5/c16-8-7-20-9-3-6-15(10(8)9)11(17)13(14-12(18)19)4-1-2-5-13/h8-10,14,16H,1-7H2,(H,18,19)/t8-,9+,10+/m0/s1. The number of aliphatic hydroxyl groups excluding tert-OH is 1. The first-order chi connectivity index (χ1) is 9.53. The van der Waals surface area contributed by atoms with Crippen LogP contribution in [-0.4, -0.2) is 64.1 Å². The van der Waals surface area contributed by atoms with Gasteiger partial charge < -0.3 is 25.2 Å². The lowest BCUT2D eigenvalue weighted by Crippen LogP contribution is -2.60. The van der Waals surface area contributed by atoms with Gasteiger partial charge in [0.05, 0.1) is 18.8 Å². The van der Waals surface area contributed by atoms with Crippen molar-refractivity contribution < 1.29 is 24.5 Å². The number of fused-ring (bicyclic) bond motifs is 1. The second-order valence-electron chi connectivity index (χ2n) is 5.94. The highest BCUT2D eigenvalue weighted by atomic mass is 16.5. The Balaban J connectivity index is 1.81. The van der Waals surface area contributed by atoms with Gasteiger partial charge in [0.25, 0.3) is 0 Å². The smallest absolute Gasteiger partial charge is 0.405 e. The zero-order chi connectivity index (χ0) is 14.3. The largest absolute Gasteiger partial charge is 0.465 e. The molecule has 112 valence electrons. The van der Waals surface area contributed by atoms with Crippen LogP contribution in [0, 0.1) is 0 Å². The van der Waals surface area contributed by atoms with Crippen LogP contribution in [0.1, 0.15) is 32.1 Å². The Morgan fingerprint density at radius 1 is 1.30 bits per heavy atom. The maximum Gasteiger partial charge on any atom is 0.405 e. The number of amides is 2. The average molecular weight is 284 g/mol. The van der Waals surface area contributed by atoms with E-state index < -0.39 is 17.7 Å². The van der Waals surface area contributed by atoms with E-state index in [1.807, 2.05) is 0 Å². The molecule has 0 radical (unpaired) electrons. The molecule has 3 N–H and O–H groups in total. The van der Waals surface area contributed by atoms with Crippen LogP contribution in [0.3, 0.4) is 0 Å². The lowest BCUT2D eigenvalue weighted by Gasteiger charge is -2.35. The van der Waals surface area contributed by atoms with E-state index in [0.29, 0.717) is 25.8 Å². The zero-order valence-electron chi connectivity index (χ0n) is 11.2. The van der Waals surface area contributed by atoms with E-state index in [-0.39, 0.29) is 24.7 Å². The average Bonchev–Trinajstić information content (AvgIpc) is 3.07. The quantitative estimate of drug-likeness (QED) is 0.659. The highest BCUT2D eigenvalue weighted by Crippen LogP contribution is 2.36. The van der Waals surface area contributed by atoms with Crippen molar-refractivity contribution in [3.63, 3.8) is 0 Å². The van der Waals surface area contributed by atoms with Gasteiger partial charge in [0.2, 0.25) is 5.91 Å². The Labute approximate surface area is 116 Å². The zero-order valence-corrected chi connectivity index (χ0v) is 11.2. The molecule has 20 heavy (non-hydrogen) atoms. The Bertz CT molecular complexity index is 421. The lowest BCUT2D eigenvalue weighted by molar-refractivity contribution is -0.140. The van der Waals surface area contributed by atoms with Gasteiger partial charge in [-0.2, -0.15) is 0 Å². The summed E-state index contributed by atoms with van der Waals surface area (Å²) >= 11 is 0. The molecule has 2 heterocycles. The maximum absolute atomic E-state index is 12.8. The molecule has 1 saturated carbocycles. The normalized spacial score (nSPS) is 35.0. The van der Waals surface area contributed by atoms with Gasteiger partial charge in [0, 0.05) is 6.54 Å². The molecule has 0 bridgehead atoms. The number of nitrogens with one attached hydrogen (secondary N) is 1. The highest BCUT2D eigenvalue weighted by Gasteiger charge is 2.52. The Kier molecular flexibility index (Phi) is 3.33. The van der Waals surface area contributed by atoms with Crippen molar-refractivity contribution in [2.24, 2.45) is 0 Å². The second kappa shape index (κ2) is 4.89. The molecule has 0 aromatic carbocycles. The van der Waals surface area contributed by atoms with E-state index in [4.69, 9.17) is 9.84 Å². The van der Waals surface area contributed by atoms with Crippen molar-refractivity contribution in [2.45, 2.75) is 55.9 Å². The summed E-state index contributed by atoms with van der Waals surface area (Å²) in [5, 5.41) is 21.4. The van der Waals surface area contributed by atoms with Crippen LogP contribution in [0.5, 0.6) is 0 Å². The summed E-state index contributed by atoms with van der Waals surface area (Å²) in [5.74, 6) is -0.200. The topological polar surface area (TPSA) is 99.1 Å². The van der Waals surface area contributed by atoms with E-state index in [9.17, 15) is 14.7 Å². The molecule has 1 aliphatic carbocycles. The fraction of sp³-hybridized carbons (Fsp3) is 0.846. The first-order valence-corrected chi connectivity index (χ1v) is 7.15. The molecule has 0 unspecified atom stereocenters. The minimum absolute atomic E-state index is 0.114. The van der Waals surface area contributed by atoms with Crippen LogP contribution in [0.25, 0.3) is 0 Å². The Morgan fingerprint density at radius 3 is 2.65 bits per heavy atom. The number of rotatable bonds is 2. The summed E-state index contributed by atoms with van der Waals surface area (Å²) in [7, 11) is 0. The third-order valence-electron chi connectivity index (χ3n) is 4.74. The van der Waals surface area contributed by atoms with E-state index >= 15 is 0 Å². The van der Waals surface area contributed by atoms with E-state index in [2.05, 4.69) is 5.32 Å². The summed E-state index contributed by atoms with van der Waals surface area (Å²) in [5.41, 5.74) is -1.01. The van der Waals surface area contributed by atoms with Crippen LogP contribution >= 0.6 is 0 Å². The number of hydrogen-bond donors (Lipinski definition) is 3. The first-order valence-electron chi connectivity index (χ1n) is 7.15. The molecule has 0 spiro atoms. The number of carbonyl (C=O) groups is 2. The first kappa shape index (κ1) is 13.6. The van der Waals surface area contributed by atoms with Gasteiger partial charge >= 0.3 is 6.09 Å². The fourth-order valence-corrected chi connectivity index (χ4v) is 3.83. The molecule has 3 aliphatic rings. The summed E-state index contributed by atoms with van der Waals surface area (Å²) in [6, 6.07) is -0.324. The number of hydrogen-bond acceptors (Lipinski definition) is 4. The Hall–Kier alpha value is -1.34. The van der Waals surface area contributed by atoms with Gasteiger partial charge in [-0.25, -0.2) is 4.79 Å². The van der Waals surface area contributed by atoms with Crippen molar-refractivity contribution in [2.75, 3.05) is 13.2 Å². The molecule has 0 aromatic rings. The third-order valence-corrected chi connectivity index (χ3v) is 4.74. The van der Waals surface area contributed by atoms with Crippen LogP contribution in [-0.2, 0) is 9.53 Å². The molecule has 2 amide bonds. The number of carboxylic acid groups (broad SMARTS) is 1. The summed E-state index contributed by atoms with van der Waals surface area (Å²) < 4.78 is 5.47. The van der Waals surface area contributed by atoms with Gasteiger partial charge in [-0.15, -0.1) is 0 Å². The maximum atomic E-state index is 12.8. The van der Waals surface area contributed by atoms with E-state index in [0.717, 1.165) is 12.8 Å². The molecule has 2 saturated heterocycles. The van der Waals surface area contributed by atoms with Crippen LogP contribution in [0.2, 0.25) is 0 Å². The number of aliphatic hydroxyl groups is 1. The summed E-state index contributed by atoms with van der Waals surface area (Å²) in [6.07, 6.45) is 1.49. The van der Waals surface area contributed by atoms with Crippen molar-refractivity contribution in [1.29, 1.82) is 0 Å². The number of likely N-dealkylation sites (tertiary alicyclic amines) is 1. The predicted octanol–water partition coefficient (Wildman–Crippen LogP) is -0.0726. The van der Waals surface area contributed by atoms with Gasteiger partial charge in [-0.05, 0) is 19.3 Å². The van der Waals surface area contributed by atoms with Gasteiger partial charge in [-0.3, -0.25) is 4.79 Å². The molecule has 3 fully saturated rings.